The van der Waals surface area contributed by atoms with Crippen molar-refractivity contribution in [2.45, 2.75) is 6.42 Å². The lowest BCUT2D eigenvalue weighted by Crippen LogP contribution is -2.29. The van der Waals surface area contributed by atoms with Crippen molar-refractivity contribution in [1.29, 1.82) is 0 Å². The summed E-state index contributed by atoms with van der Waals surface area (Å²) < 4.78 is 20.7. The van der Waals surface area contributed by atoms with Gasteiger partial charge >= 0.3 is 11.6 Å². The predicted octanol–water partition coefficient (Wildman–Crippen LogP) is 2.79. The van der Waals surface area contributed by atoms with Gasteiger partial charge in [0.25, 0.3) is 5.91 Å². The average molecular weight is 411 g/mol. The summed E-state index contributed by atoms with van der Waals surface area (Å²) in [6.45, 7) is 0.880. The van der Waals surface area contributed by atoms with Gasteiger partial charge in [-0.1, -0.05) is 12.1 Å². The second kappa shape index (κ2) is 9.71. The highest BCUT2D eigenvalue weighted by atomic mass is 16.5. The summed E-state index contributed by atoms with van der Waals surface area (Å²) in [5, 5.41) is 3.17. The van der Waals surface area contributed by atoms with E-state index in [1.165, 1.54) is 19.2 Å². The molecule has 0 radical (unpaired) electrons. The van der Waals surface area contributed by atoms with Gasteiger partial charge in [-0.05, 0) is 36.8 Å². The fraction of sp³-hybridized carbons (Fsp3) is 0.227. The number of carbonyl (C=O) groups is 2. The van der Waals surface area contributed by atoms with E-state index in [4.69, 9.17) is 18.6 Å². The quantitative estimate of drug-likeness (QED) is 0.263. The van der Waals surface area contributed by atoms with Crippen molar-refractivity contribution in [3.63, 3.8) is 0 Å². The number of hydrogen-bond acceptors (Lipinski definition) is 7. The number of benzene rings is 2. The summed E-state index contributed by atoms with van der Waals surface area (Å²) in [6.07, 6.45) is 0.627. The van der Waals surface area contributed by atoms with E-state index in [0.29, 0.717) is 30.7 Å². The van der Waals surface area contributed by atoms with Crippen LogP contribution < -0.4 is 20.4 Å². The highest BCUT2D eigenvalue weighted by Crippen LogP contribution is 2.24. The zero-order chi connectivity index (χ0) is 21.5. The van der Waals surface area contributed by atoms with E-state index in [2.05, 4.69) is 5.32 Å². The molecule has 0 spiro atoms. The van der Waals surface area contributed by atoms with Crippen molar-refractivity contribution in [2.24, 2.45) is 0 Å². The molecule has 0 aliphatic rings. The maximum absolute atomic E-state index is 12.4. The molecule has 156 valence electrons. The van der Waals surface area contributed by atoms with Gasteiger partial charge in [-0.2, -0.15) is 0 Å². The third kappa shape index (κ3) is 4.84. The van der Waals surface area contributed by atoms with Gasteiger partial charge in [0.1, 0.15) is 28.2 Å². The third-order valence-electron chi connectivity index (χ3n) is 4.30. The Labute approximate surface area is 172 Å². The fourth-order valence-corrected chi connectivity index (χ4v) is 2.80. The Bertz CT molecular complexity index is 1120. The van der Waals surface area contributed by atoms with E-state index < -0.39 is 17.5 Å². The van der Waals surface area contributed by atoms with Gasteiger partial charge in [-0.25, -0.2) is 9.59 Å². The molecule has 3 aromatic rings. The Morgan fingerprint density at radius 3 is 2.60 bits per heavy atom. The number of hydrogen-bond donors (Lipinski definition) is 1. The van der Waals surface area contributed by atoms with E-state index in [9.17, 15) is 14.4 Å². The minimum Gasteiger partial charge on any atom is -0.496 e. The molecule has 0 aliphatic carbocycles. The predicted molar refractivity (Wildman–Crippen MR) is 109 cm³/mol. The first-order valence-corrected chi connectivity index (χ1v) is 9.23. The maximum atomic E-state index is 12.4. The lowest BCUT2D eigenvalue weighted by Gasteiger charge is -2.09. The van der Waals surface area contributed by atoms with Crippen LogP contribution in [0.3, 0.4) is 0 Å². The molecule has 1 amide bonds. The molecule has 1 N–H and O–H groups in total. The van der Waals surface area contributed by atoms with Gasteiger partial charge in [0.05, 0.1) is 7.11 Å². The van der Waals surface area contributed by atoms with Crippen LogP contribution in [0.2, 0.25) is 0 Å². The lowest BCUT2D eigenvalue weighted by atomic mass is 10.1. The zero-order valence-electron chi connectivity index (χ0n) is 16.6. The normalized spacial score (nSPS) is 10.6. The molecule has 0 unspecified atom stereocenters. The van der Waals surface area contributed by atoms with Gasteiger partial charge < -0.3 is 23.9 Å². The molecule has 30 heavy (non-hydrogen) atoms. The molecule has 0 bridgehead atoms. The summed E-state index contributed by atoms with van der Waals surface area (Å²) >= 11 is 0. The molecule has 0 atom stereocenters. The first-order valence-electron chi connectivity index (χ1n) is 9.23. The number of fused-ring (bicyclic) bond motifs is 1. The average Bonchev–Trinajstić information content (AvgIpc) is 2.76. The van der Waals surface area contributed by atoms with Crippen LogP contribution in [0, 0.1) is 0 Å². The van der Waals surface area contributed by atoms with Crippen LogP contribution in [0.15, 0.2) is 57.7 Å². The van der Waals surface area contributed by atoms with Crippen molar-refractivity contribution in [3.8, 4) is 11.5 Å². The number of carbonyl (C=O) groups excluding carboxylic acids is 2. The Morgan fingerprint density at radius 2 is 1.83 bits per heavy atom. The van der Waals surface area contributed by atoms with Gasteiger partial charge in [0.2, 0.25) is 0 Å². The number of methoxy groups -OCH3 is 2. The van der Waals surface area contributed by atoms with E-state index in [1.807, 2.05) is 0 Å². The monoisotopic (exact) mass is 411 g/mol. The van der Waals surface area contributed by atoms with Crippen LogP contribution in [-0.2, 0) is 4.74 Å². The topological polar surface area (TPSA) is 104 Å². The largest absolute Gasteiger partial charge is 0.496 e. The summed E-state index contributed by atoms with van der Waals surface area (Å²) in [6, 6.07) is 12.7. The number of nitrogens with one attached hydrogen (secondary N) is 1. The summed E-state index contributed by atoms with van der Waals surface area (Å²) in [4.78, 5) is 36.9. The molecule has 8 heteroatoms. The second-order valence-corrected chi connectivity index (χ2v) is 6.34. The van der Waals surface area contributed by atoms with Crippen molar-refractivity contribution >= 4 is 22.8 Å². The Hall–Kier alpha value is -3.65. The van der Waals surface area contributed by atoms with Crippen molar-refractivity contribution in [3.05, 3.63) is 70.1 Å². The molecule has 0 saturated heterocycles. The highest BCUT2D eigenvalue weighted by molar-refractivity contribution is 5.97. The van der Waals surface area contributed by atoms with Crippen molar-refractivity contribution in [2.75, 3.05) is 27.4 Å². The Balaban J connectivity index is 1.79. The highest BCUT2D eigenvalue weighted by Gasteiger charge is 2.16. The molecule has 0 fully saturated rings. The summed E-state index contributed by atoms with van der Waals surface area (Å²) in [7, 11) is 3.03. The summed E-state index contributed by atoms with van der Waals surface area (Å²) in [5.74, 6) is -0.552. The third-order valence-corrected chi connectivity index (χ3v) is 4.30. The Kier molecular flexibility index (Phi) is 6.82. The standard InChI is InChI=1S/C22H21NO7/c1-27-11-5-10-23-20(24)17-12-14-8-9-15(13-19(14)30-22(17)26)29-21(25)16-6-3-4-7-18(16)28-2/h3-4,6-9,12-13H,5,10-11H2,1-2H3,(H,23,24). The molecule has 0 saturated carbocycles. The number of rotatable bonds is 8. The van der Waals surface area contributed by atoms with Crippen molar-refractivity contribution in [1.82, 2.24) is 5.32 Å². The van der Waals surface area contributed by atoms with E-state index in [0.717, 1.165) is 0 Å². The van der Waals surface area contributed by atoms with Crippen LogP contribution in [0.25, 0.3) is 11.0 Å². The molecule has 1 heterocycles. The van der Waals surface area contributed by atoms with Crippen LogP contribution >= 0.6 is 0 Å². The van der Waals surface area contributed by atoms with Crippen LogP contribution in [0.4, 0.5) is 0 Å². The van der Waals surface area contributed by atoms with Crippen LogP contribution in [0.5, 0.6) is 11.5 Å². The number of para-hydroxylation sites is 1. The summed E-state index contributed by atoms with van der Waals surface area (Å²) in [5.41, 5.74) is -0.415. The SMILES string of the molecule is COCCCNC(=O)c1cc2ccc(OC(=O)c3ccccc3OC)cc2oc1=O. The van der Waals surface area contributed by atoms with E-state index in [1.54, 1.807) is 43.5 Å². The molecular formula is C22H21NO7. The van der Waals surface area contributed by atoms with E-state index in [-0.39, 0.29) is 22.5 Å². The molecule has 8 nitrogen and oxygen atoms in total. The molecule has 1 aromatic heterocycles. The smallest absolute Gasteiger partial charge is 0.349 e. The van der Waals surface area contributed by atoms with Crippen molar-refractivity contribution < 1.29 is 28.2 Å². The Morgan fingerprint density at radius 1 is 1.03 bits per heavy atom. The second-order valence-electron chi connectivity index (χ2n) is 6.34. The van der Waals surface area contributed by atoms with E-state index >= 15 is 0 Å². The number of esters is 1. The fourth-order valence-electron chi connectivity index (χ4n) is 2.80. The first-order chi connectivity index (χ1) is 14.5. The lowest BCUT2D eigenvalue weighted by molar-refractivity contribution is 0.0731. The van der Waals surface area contributed by atoms with Crippen LogP contribution in [0.1, 0.15) is 27.1 Å². The van der Waals surface area contributed by atoms with Gasteiger partial charge in [0.15, 0.2) is 0 Å². The first kappa shape index (κ1) is 21.1. The van der Waals surface area contributed by atoms with Gasteiger partial charge in [-0.3, -0.25) is 4.79 Å². The molecule has 2 aromatic carbocycles. The number of amides is 1. The van der Waals surface area contributed by atoms with Gasteiger partial charge in [0, 0.05) is 31.7 Å². The van der Waals surface area contributed by atoms with Gasteiger partial charge in [-0.15, -0.1) is 0 Å². The number of ether oxygens (including phenoxy) is 3. The maximum Gasteiger partial charge on any atom is 0.349 e. The molecular weight excluding hydrogens is 390 g/mol. The molecule has 0 aliphatic heterocycles. The zero-order valence-corrected chi connectivity index (χ0v) is 16.6. The van der Waals surface area contributed by atoms with Crippen LogP contribution in [-0.4, -0.2) is 39.2 Å². The minimum atomic E-state index is -0.778. The minimum absolute atomic E-state index is 0.0984. The molecule has 3 rings (SSSR count).